The molecule has 6 nitrogen and oxygen atoms in total. The molecule has 2 saturated heterocycles. The van der Waals surface area contributed by atoms with Gasteiger partial charge in [0.1, 0.15) is 22.9 Å². The molecule has 2 aliphatic heterocycles. The molecule has 2 fully saturated rings. The molecule has 4 aromatic rings. The first-order valence-corrected chi connectivity index (χ1v) is 11.9. The fraction of sp³-hybridized carbons (Fsp3) is 0.286. The summed E-state index contributed by atoms with van der Waals surface area (Å²) in [5.41, 5.74) is 0.743. The molecule has 1 aromatic heterocycles. The van der Waals surface area contributed by atoms with Crippen LogP contribution in [0.25, 0.3) is 32.8 Å². The minimum Gasteiger partial charge on any atom is -0.508 e. The highest BCUT2D eigenvalue weighted by molar-refractivity contribution is 6.04. The lowest BCUT2D eigenvalue weighted by atomic mass is 9.75. The van der Waals surface area contributed by atoms with E-state index in [1.165, 1.54) is 31.4 Å². The van der Waals surface area contributed by atoms with E-state index in [2.05, 4.69) is 26.1 Å². The summed E-state index contributed by atoms with van der Waals surface area (Å²) in [6.07, 6.45) is 7.78. The van der Waals surface area contributed by atoms with Crippen molar-refractivity contribution in [1.82, 2.24) is 15.3 Å². The molecule has 2 N–H and O–H groups in total. The van der Waals surface area contributed by atoms with E-state index in [4.69, 9.17) is 11.2 Å². The van der Waals surface area contributed by atoms with Gasteiger partial charge in [0.15, 0.2) is 5.82 Å². The summed E-state index contributed by atoms with van der Waals surface area (Å²) in [6, 6.07) is 9.07. The zero-order valence-corrected chi connectivity index (χ0v) is 19.7. The summed E-state index contributed by atoms with van der Waals surface area (Å²) in [7, 11) is 1.45. The Bertz CT molecular complexity index is 1580. The number of nitrogens with zero attached hydrogens (tertiary/aromatic N) is 3. The molecule has 182 valence electrons. The summed E-state index contributed by atoms with van der Waals surface area (Å²) >= 11 is 0. The Kier molecular flexibility index (Phi) is 5.20. The van der Waals surface area contributed by atoms with Gasteiger partial charge in [0.2, 0.25) is 0 Å². The summed E-state index contributed by atoms with van der Waals surface area (Å²) in [5.74, 6) is 1.71. The molecule has 3 aromatic carbocycles. The van der Waals surface area contributed by atoms with E-state index in [0.29, 0.717) is 22.0 Å². The number of benzene rings is 3. The number of hydrogen-bond acceptors (Lipinski definition) is 6. The number of phenolic OH excluding ortho intramolecular Hbond substituents is 1. The quantitative estimate of drug-likeness (QED) is 0.412. The summed E-state index contributed by atoms with van der Waals surface area (Å²) < 4.78 is 36.2. The van der Waals surface area contributed by atoms with Crippen molar-refractivity contribution in [3.63, 3.8) is 0 Å². The highest BCUT2D eigenvalue weighted by Gasteiger charge is 2.41. The zero-order chi connectivity index (χ0) is 25.0. The van der Waals surface area contributed by atoms with Gasteiger partial charge < -0.3 is 20.1 Å². The molecule has 0 unspecified atom stereocenters. The predicted octanol–water partition coefficient (Wildman–Crippen LogP) is 4.61. The maximum Gasteiger partial charge on any atom is 0.318 e. The number of piperidine rings is 1. The van der Waals surface area contributed by atoms with Crippen molar-refractivity contribution in [3.8, 4) is 35.2 Å². The fourth-order valence-corrected chi connectivity index (χ4v) is 5.60. The van der Waals surface area contributed by atoms with Crippen LogP contribution in [0.3, 0.4) is 0 Å². The first-order chi connectivity index (χ1) is 17.4. The maximum absolute atomic E-state index is 16.2. The molecule has 0 saturated carbocycles. The molecule has 1 spiro atoms. The first kappa shape index (κ1) is 22.5. The summed E-state index contributed by atoms with van der Waals surface area (Å²) in [4.78, 5) is 11.1. The zero-order valence-electron chi connectivity index (χ0n) is 19.7. The topological polar surface area (TPSA) is 70.5 Å². The van der Waals surface area contributed by atoms with Crippen molar-refractivity contribution in [2.45, 2.75) is 12.8 Å². The number of aromatic hydroxyl groups is 1. The van der Waals surface area contributed by atoms with E-state index in [9.17, 15) is 9.50 Å². The number of aromatic nitrogens is 2. The molecule has 0 amide bonds. The van der Waals surface area contributed by atoms with Gasteiger partial charge in [-0.25, -0.2) is 8.78 Å². The summed E-state index contributed by atoms with van der Waals surface area (Å²) in [5, 5.41) is 15.1. The molecule has 0 radical (unpaired) electrons. The normalized spacial score (nSPS) is 16.8. The molecule has 0 atom stereocenters. The number of anilines is 1. The van der Waals surface area contributed by atoms with E-state index in [1.54, 1.807) is 12.1 Å². The molecule has 0 aliphatic carbocycles. The van der Waals surface area contributed by atoms with Crippen molar-refractivity contribution in [1.29, 1.82) is 0 Å². The molecule has 2 aliphatic rings. The largest absolute Gasteiger partial charge is 0.508 e. The Morgan fingerprint density at radius 1 is 1.14 bits per heavy atom. The maximum atomic E-state index is 16.2. The van der Waals surface area contributed by atoms with E-state index in [0.717, 1.165) is 39.0 Å². The lowest BCUT2D eigenvalue weighted by molar-refractivity contribution is 0.138. The highest BCUT2D eigenvalue weighted by atomic mass is 19.1. The average Bonchev–Trinajstić information content (AvgIpc) is 2.87. The molecular formula is C28H24F2N4O2. The van der Waals surface area contributed by atoms with Crippen LogP contribution in [-0.2, 0) is 0 Å². The summed E-state index contributed by atoms with van der Waals surface area (Å²) in [6.45, 7) is 3.55. The Balaban J connectivity index is 1.57. The van der Waals surface area contributed by atoms with E-state index >= 15 is 4.39 Å². The van der Waals surface area contributed by atoms with Crippen LogP contribution in [0.4, 0.5) is 14.6 Å². The third kappa shape index (κ3) is 3.42. The molecule has 8 heteroatoms. The molecule has 6 rings (SSSR count). The number of halogens is 2. The number of rotatable bonds is 3. The smallest absolute Gasteiger partial charge is 0.318 e. The van der Waals surface area contributed by atoms with Gasteiger partial charge in [-0.1, -0.05) is 18.1 Å². The van der Waals surface area contributed by atoms with E-state index in [-0.39, 0.29) is 39.4 Å². The Hall–Kier alpha value is -3.96. The van der Waals surface area contributed by atoms with Crippen LogP contribution in [0.15, 0.2) is 36.4 Å². The van der Waals surface area contributed by atoms with Crippen molar-refractivity contribution in [2.24, 2.45) is 5.41 Å². The monoisotopic (exact) mass is 486 g/mol. The molecule has 36 heavy (non-hydrogen) atoms. The Morgan fingerprint density at radius 3 is 2.69 bits per heavy atom. The van der Waals surface area contributed by atoms with Crippen molar-refractivity contribution in [3.05, 3.63) is 53.6 Å². The first-order valence-electron chi connectivity index (χ1n) is 11.9. The highest BCUT2D eigenvalue weighted by Crippen LogP contribution is 2.41. The van der Waals surface area contributed by atoms with Gasteiger partial charge in [-0.05, 0) is 48.1 Å². The average molecular weight is 487 g/mol. The Morgan fingerprint density at radius 2 is 1.97 bits per heavy atom. The predicted molar refractivity (Wildman–Crippen MR) is 135 cm³/mol. The number of hydrogen-bond donors (Lipinski definition) is 2. The fourth-order valence-electron chi connectivity index (χ4n) is 5.60. The van der Waals surface area contributed by atoms with Crippen LogP contribution in [0, 0.1) is 29.4 Å². The van der Waals surface area contributed by atoms with Gasteiger partial charge in [-0.15, -0.1) is 6.42 Å². The SMILES string of the molecule is C#Cc1c(F)ccc2cc(O)cc(-c3ccc4c(N5CCCC6(CNC6)C5)nc(OC)nc4c3F)c12. The minimum atomic E-state index is -0.620. The number of terminal acetylenes is 1. The number of fused-ring (bicyclic) bond motifs is 2. The van der Waals surface area contributed by atoms with Gasteiger partial charge in [0, 0.05) is 47.9 Å². The lowest BCUT2D eigenvalue weighted by Gasteiger charge is -2.49. The van der Waals surface area contributed by atoms with Gasteiger partial charge >= 0.3 is 6.01 Å². The third-order valence-electron chi connectivity index (χ3n) is 7.40. The second-order valence-corrected chi connectivity index (χ2v) is 9.64. The van der Waals surface area contributed by atoms with Crippen LogP contribution in [-0.4, -0.2) is 48.4 Å². The van der Waals surface area contributed by atoms with Crippen molar-refractivity contribution in [2.75, 3.05) is 38.2 Å². The number of phenols is 1. The minimum absolute atomic E-state index is 0.00989. The van der Waals surface area contributed by atoms with Crippen LogP contribution >= 0.6 is 0 Å². The van der Waals surface area contributed by atoms with Gasteiger partial charge in [0.25, 0.3) is 0 Å². The standard InChI is InChI=1S/C28H24F2N4O2/c1-3-18-22(29)8-5-16-11-17(35)12-21(23(16)18)19-6-7-20-25(24(19)30)32-27(36-2)33-26(20)34-10-4-9-28(15-34)13-31-14-28/h1,5-8,11-12,31,35H,4,9-10,13-15H2,2H3. The van der Waals surface area contributed by atoms with Crippen molar-refractivity contribution < 1.29 is 18.6 Å². The third-order valence-corrected chi connectivity index (χ3v) is 7.40. The van der Waals surface area contributed by atoms with Crippen LogP contribution in [0.2, 0.25) is 0 Å². The lowest BCUT2D eigenvalue weighted by Crippen LogP contribution is -2.61. The van der Waals surface area contributed by atoms with Crippen molar-refractivity contribution >= 4 is 27.5 Å². The molecular weight excluding hydrogens is 462 g/mol. The van der Waals surface area contributed by atoms with Crippen LogP contribution in [0.1, 0.15) is 18.4 Å². The number of methoxy groups -OCH3 is 1. The van der Waals surface area contributed by atoms with E-state index in [1.807, 2.05) is 0 Å². The van der Waals surface area contributed by atoms with Crippen LogP contribution < -0.4 is 15.0 Å². The van der Waals surface area contributed by atoms with Gasteiger partial charge in [-0.2, -0.15) is 9.97 Å². The molecule has 0 bridgehead atoms. The molecule has 3 heterocycles. The Labute approximate surface area is 206 Å². The van der Waals surface area contributed by atoms with Gasteiger partial charge in [-0.3, -0.25) is 0 Å². The van der Waals surface area contributed by atoms with Gasteiger partial charge in [0.05, 0.1) is 12.7 Å². The second kappa shape index (κ2) is 8.32. The number of ether oxygens (including phenoxy) is 1. The van der Waals surface area contributed by atoms with E-state index < -0.39 is 11.6 Å². The number of nitrogens with one attached hydrogen (secondary N) is 1. The second-order valence-electron chi connectivity index (χ2n) is 9.64. The van der Waals surface area contributed by atoms with Crippen LogP contribution in [0.5, 0.6) is 11.8 Å².